The Morgan fingerprint density at radius 1 is 1.27 bits per heavy atom. The summed E-state index contributed by atoms with van der Waals surface area (Å²) in [4.78, 5) is 40.8. The van der Waals surface area contributed by atoms with E-state index < -0.39 is 5.97 Å². The SMILES string of the molecule is COC(=O)CCn1c(SCC(=O)NC(C)(C)C)nc2ccccc2c1=O. The molecule has 0 spiro atoms. The van der Waals surface area contributed by atoms with E-state index in [1.807, 2.05) is 20.8 Å². The molecule has 2 aromatic rings. The van der Waals surface area contributed by atoms with Crippen LogP contribution in [0.5, 0.6) is 0 Å². The Morgan fingerprint density at radius 2 is 1.96 bits per heavy atom. The number of ether oxygens (including phenoxy) is 1. The molecule has 140 valence electrons. The molecule has 1 aromatic carbocycles. The van der Waals surface area contributed by atoms with Crippen molar-refractivity contribution in [2.75, 3.05) is 12.9 Å². The van der Waals surface area contributed by atoms with Gasteiger partial charge in [-0.3, -0.25) is 19.0 Å². The highest BCUT2D eigenvalue weighted by atomic mass is 32.2. The third-order valence-electron chi connectivity index (χ3n) is 3.44. The third kappa shape index (κ3) is 5.32. The van der Waals surface area contributed by atoms with E-state index in [1.54, 1.807) is 24.3 Å². The molecule has 0 atom stereocenters. The molecule has 0 saturated carbocycles. The number of fused-ring (bicyclic) bond motifs is 1. The maximum atomic E-state index is 12.8. The van der Waals surface area contributed by atoms with E-state index >= 15 is 0 Å². The molecule has 1 heterocycles. The lowest BCUT2D eigenvalue weighted by atomic mass is 10.1. The maximum Gasteiger partial charge on any atom is 0.307 e. The van der Waals surface area contributed by atoms with E-state index in [0.717, 1.165) is 0 Å². The number of nitrogens with zero attached hydrogens (tertiary/aromatic N) is 2. The second kappa shape index (κ2) is 8.35. The second-order valence-electron chi connectivity index (χ2n) is 6.78. The summed E-state index contributed by atoms with van der Waals surface area (Å²) >= 11 is 1.17. The Balaban J connectivity index is 2.31. The Bertz CT molecular complexity index is 871. The van der Waals surface area contributed by atoms with Crippen LogP contribution >= 0.6 is 11.8 Å². The van der Waals surface area contributed by atoms with Crippen LogP contribution in [0, 0.1) is 0 Å². The van der Waals surface area contributed by atoms with E-state index in [0.29, 0.717) is 16.1 Å². The highest BCUT2D eigenvalue weighted by Gasteiger charge is 2.17. The summed E-state index contributed by atoms with van der Waals surface area (Å²) in [5.41, 5.74) is -0.0114. The van der Waals surface area contributed by atoms with Gasteiger partial charge in [-0.1, -0.05) is 23.9 Å². The van der Waals surface area contributed by atoms with Gasteiger partial charge in [0.1, 0.15) is 0 Å². The number of carbonyl (C=O) groups is 2. The minimum atomic E-state index is -0.411. The van der Waals surface area contributed by atoms with Crippen LogP contribution in [-0.4, -0.2) is 39.8 Å². The molecular weight excluding hydrogens is 354 g/mol. The number of benzene rings is 1. The van der Waals surface area contributed by atoms with Crippen LogP contribution in [0.4, 0.5) is 0 Å². The first-order valence-corrected chi connectivity index (χ1v) is 9.20. The molecule has 1 amide bonds. The fourth-order valence-corrected chi connectivity index (χ4v) is 3.17. The first-order valence-electron chi connectivity index (χ1n) is 8.21. The second-order valence-corrected chi connectivity index (χ2v) is 7.72. The lowest BCUT2D eigenvalue weighted by Crippen LogP contribution is -2.41. The number of thioether (sulfide) groups is 1. The number of nitrogens with one attached hydrogen (secondary N) is 1. The molecular formula is C18H23N3O4S. The van der Waals surface area contributed by atoms with Crippen molar-refractivity contribution >= 4 is 34.5 Å². The highest BCUT2D eigenvalue weighted by Crippen LogP contribution is 2.18. The predicted octanol–water partition coefficient (Wildman–Crippen LogP) is 1.97. The molecule has 7 nitrogen and oxygen atoms in total. The smallest absolute Gasteiger partial charge is 0.307 e. The summed E-state index contributed by atoms with van der Waals surface area (Å²) in [5.74, 6) is -0.434. The van der Waals surface area contributed by atoms with E-state index in [1.165, 1.54) is 23.4 Å². The molecule has 0 bridgehead atoms. The fourth-order valence-electron chi connectivity index (χ4n) is 2.34. The number of amides is 1. The first-order chi connectivity index (χ1) is 12.2. The van der Waals surface area contributed by atoms with Crippen molar-refractivity contribution in [1.82, 2.24) is 14.9 Å². The topological polar surface area (TPSA) is 90.3 Å². The lowest BCUT2D eigenvalue weighted by Gasteiger charge is -2.20. The molecule has 2 rings (SSSR count). The van der Waals surface area contributed by atoms with Gasteiger partial charge in [-0.2, -0.15) is 0 Å². The van der Waals surface area contributed by atoms with Crippen molar-refractivity contribution in [3.8, 4) is 0 Å². The Morgan fingerprint density at radius 3 is 2.62 bits per heavy atom. The summed E-state index contributed by atoms with van der Waals surface area (Å²) in [6.07, 6.45) is 0.0537. The van der Waals surface area contributed by atoms with Crippen molar-refractivity contribution in [1.29, 1.82) is 0 Å². The third-order valence-corrected chi connectivity index (χ3v) is 4.42. The number of carbonyl (C=O) groups excluding carboxylic acids is 2. The van der Waals surface area contributed by atoms with Gasteiger partial charge >= 0.3 is 5.97 Å². The Hall–Kier alpha value is -2.35. The van der Waals surface area contributed by atoms with Crippen LogP contribution in [0.15, 0.2) is 34.2 Å². The number of hydrogen-bond donors (Lipinski definition) is 1. The van der Waals surface area contributed by atoms with Crippen molar-refractivity contribution < 1.29 is 14.3 Å². The standard InChI is InChI=1S/C18H23N3O4S/c1-18(2,3)20-14(22)11-26-17-19-13-8-6-5-7-12(13)16(24)21(17)10-9-15(23)25-4/h5-8H,9-11H2,1-4H3,(H,20,22). The Labute approximate surface area is 156 Å². The molecule has 0 aliphatic carbocycles. The summed E-state index contributed by atoms with van der Waals surface area (Å²) in [5, 5.41) is 3.75. The van der Waals surface area contributed by atoms with E-state index in [2.05, 4.69) is 15.0 Å². The van der Waals surface area contributed by atoms with Gasteiger partial charge in [-0.25, -0.2) is 4.98 Å². The van der Waals surface area contributed by atoms with Gasteiger partial charge in [0, 0.05) is 12.1 Å². The summed E-state index contributed by atoms with van der Waals surface area (Å²) in [6.45, 7) is 5.84. The van der Waals surface area contributed by atoms with Crippen LogP contribution in [0.2, 0.25) is 0 Å². The maximum absolute atomic E-state index is 12.8. The number of esters is 1. The van der Waals surface area contributed by atoms with Crippen molar-refractivity contribution in [3.05, 3.63) is 34.6 Å². The van der Waals surface area contributed by atoms with Gasteiger partial charge < -0.3 is 10.1 Å². The molecule has 1 N–H and O–H groups in total. The molecule has 0 aliphatic rings. The van der Waals surface area contributed by atoms with Crippen LogP contribution < -0.4 is 10.9 Å². The zero-order chi connectivity index (χ0) is 19.3. The summed E-state index contributed by atoms with van der Waals surface area (Å²) in [7, 11) is 1.30. The molecule has 0 radical (unpaired) electrons. The van der Waals surface area contributed by atoms with Crippen LogP contribution in [0.25, 0.3) is 10.9 Å². The number of rotatable bonds is 6. The number of hydrogen-bond acceptors (Lipinski definition) is 6. The minimum absolute atomic E-state index is 0.0537. The number of para-hydroxylation sites is 1. The molecule has 8 heteroatoms. The number of aromatic nitrogens is 2. The van der Waals surface area contributed by atoms with E-state index in [-0.39, 0.29) is 35.7 Å². The quantitative estimate of drug-likeness (QED) is 0.470. The fraction of sp³-hybridized carbons (Fsp3) is 0.444. The van der Waals surface area contributed by atoms with Gasteiger partial charge in [-0.15, -0.1) is 0 Å². The molecule has 0 fully saturated rings. The van der Waals surface area contributed by atoms with Crippen molar-refractivity contribution in [2.45, 2.75) is 44.4 Å². The molecule has 0 saturated heterocycles. The van der Waals surface area contributed by atoms with Crippen molar-refractivity contribution in [2.24, 2.45) is 0 Å². The van der Waals surface area contributed by atoms with Gasteiger partial charge in [0.05, 0.1) is 30.2 Å². The number of methoxy groups -OCH3 is 1. The van der Waals surface area contributed by atoms with Gasteiger partial charge in [0.15, 0.2) is 5.16 Å². The first kappa shape index (κ1) is 20.0. The van der Waals surface area contributed by atoms with Crippen LogP contribution in [-0.2, 0) is 20.9 Å². The zero-order valence-electron chi connectivity index (χ0n) is 15.4. The van der Waals surface area contributed by atoms with Gasteiger partial charge in [0.25, 0.3) is 5.56 Å². The molecule has 1 aromatic heterocycles. The largest absolute Gasteiger partial charge is 0.469 e. The van der Waals surface area contributed by atoms with Crippen molar-refractivity contribution in [3.63, 3.8) is 0 Å². The van der Waals surface area contributed by atoms with E-state index in [4.69, 9.17) is 0 Å². The van der Waals surface area contributed by atoms with E-state index in [9.17, 15) is 14.4 Å². The summed E-state index contributed by atoms with van der Waals surface area (Å²) in [6, 6.07) is 7.01. The molecule has 0 aliphatic heterocycles. The normalized spacial score (nSPS) is 11.4. The monoisotopic (exact) mass is 377 g/mol. The lowest BCUT2D eigenvalue weighted by molar-refractivity contribution is -0.140. The molecule has 0 unspecified atom stereocenters. The minimum Gasteiger partial charge on any atom is -0.469 e. The molecule has 26 heavy (non-hydrogen) atoms. The average molecular weight is 377 g/mol. The van der Waals surface area contributed by atoms with Crippen LogP contribution in [0.3, 0.4) is 0 Å². The highest BCUT2D eigenvalue weighted by molar-refractivity contribution is 7.99. The Kier molecular flexibility index (Phi) is 6.42. The summed E-state index contributed by atoms with van der Waals surface area (Å²) < 4.78 is 6.07. The average Bonchev–Trinajstić information content (AvgIpc) is 2.57. The van der Waals surface area contributed by atoms with Crippen LogP contribution in [0.1, 0.15) is 27.2 Å². The van der Waals surface area contributed by atoms with Gasteiger partial charge in [0.2, 0.25) is 5.91 Å². The zero-order valence-corrected chi connectivity index (χ0v) is 16.2. The predicted molar refractivity (Wildman–Crippen MR) is 101 cm³/mol. The van der Waals surface area contributed by atoms with Gasteiger partial charge in [-0.05, 0) is 32.9 Å².